The van der Waals surface area contributed by atoms with Crippen molar-refractivity contribution in [2.75, 3.05) is 0 Å². The van der Waals surface area contributed by atoms with Crippen LogP contribution >= 0.6 is 0 Å². The van der Waals surface area contributed by atoms with Crippen LogP contribution in [0.1, 0.15) is 49.7 Å². The van der Waals surface area contributed by atoms with Crippen LogP contribution in [0.3, 0.4) is 0 Å². The van der Waals surface area contributed by atoms with E-state index in [2.05, 4.69) is 12.1 Å². The summed E-state index contributed by atoms with van der Waals surface area (Å²) in [5.74, 6) is 1.12. The fraction of sp³-hybridized carbons (Fsp3) is 0.467. The maximum atomic E-state index is 11.2. The number of hydrogen-bond acceptors (Lipinski definition) is 2. The number of benzene rings is 1. The second kappa shape index (κ2) is 5.26. The van der Waals surface area contributed by atoms with E-state index in [0.29, 0.717) is 18.1 Å². The van der Waals surface area contributed by atoms with E-state index in [4.69, 9.17) is 0 Å². The predicted molar refractivity (Wildman–Crippen MR) is 67.0 cm³/mol. The van der Waals surface area contributed by atoms with Gasteiger partial charge in [-0.05, 0) is 36.8 Å². The van der Waals surface area contributed by atoms with Crippen LogP contribution in [-0.4, -0.2) is 11.6 Å². The number of ketones is 2. The molecule has 1 fully saturated rings. The molecule has 0 spiro atoms. The van der Waals surface area contributed by atoms with E-state index in [1.807, 2.05) is 12.1 Å². The molecule has 0 heterocycles. The lowest BCUT2D eigenvalue weighted by molar-refractivity contribution is -0.120. The van der Waals surface area contributed by atoms with E-state index >= 15 is 0 Å². The number of carbonyl (C=O) groups is 2. The third kappa shape index (κ3) is 3.26. The van der Waals surface area contributed by atoms with Crippen molar-refractivity contribution in [2.24, 2.45) is 0 Å². The maximum Gasteiger partial charge on any atom is 0.134 e. The predicted octanol–water partition coefficient (Wildman–Crippen LogP) is 3.04. The summed E-state index contributed by atoms with van der Waals surface area (Å²) in [7, 11) is 0. The minimum atomic E-state index is 0.195. The van der Waals surface area contributed by atoms with Crippen LogP contribution in [0.25, 0.3) is 0 Å². The molecule has 0 unspecified atom stereocenters. The van der Waals surface area contributed by atoms with E-state index in [9.17, 15) is 9.59 Å². The van der Waals surface area contributed by atoms with Gasteiger partial charge in [0.2, 0.25) is 0 Å². The van der Waals surface area contributed by atoms with Crippen molar-refractivity contribution in [1.82, 2.24) is 0 Å². The topological polar surface area (TPSA) is 34.1 Å². The van der Waals surface area contributed by atoms with E-state index in [-0.39, 0.29) is 5.78 Å². The summed E-state index contributed by atoms with van der Waals surface area (Å²) in [5, 5.41) is 0. The second-order valence-corrected chi connectivity index (χ2v) is 4.93. The summed E-state index contributed by atoms with van der Waals surface area (Å²) >= 11 is 0. The highest BCUT2D eigenvalue weighted by molar-refractivity contribution is 5.79. The standard InChI is InChI=1S/C15H18O2/c1-11(16)10-12-2-4-13(5-3-12)14-6-8-15(17)9-7-14/h2-5,14H,6-10H2,1H3. The van der Waals surface area contributed by atoms with Crippen LogP contribution in [0.5, 0.6) is 0 Å². The SMILES string of the molecule is CC(=O)Cc1ccc(C2CCC(=O)CC2)cc1. The zero-order valence-electron chi connectivity index (χ0n) is 10.2. The van der Waals surface area contributed by atoms with Gasteiger partial charge in [-0.1, -0.05) is 24.3 Å². The Morgan fingerprint density at radius 3 is 2.29 bits per heavy atom. The third-order valence-corrected chi connectivity index (χ3v) is 3.45. The molecule has 17 heavy (non-hydrogen) atoms. The number of rotatable bonds is 3. The van der Waals surface area contributed by atoms with E-state index in [1.54, 1.807) is 6.92 Å². The van der Waals surface area contributed by atoms with Gasteiger partial charge in [-0.2, -0.15) is 0 Å². The summed E-state index contributed by atoms with van der Waals surface area (Å²) < 4.78 is 0. The first-order valence-electron chi connectivity index (χ1n) is 6.25. The number of carbonyl (C=O) groups excluding carboxylic acids is 2. The first kappa shape index (κ1) is 12.0. The molecule has 1 aromatic rings. The van der Waals surface area contributed by atoms with Gasteiger partial charge >= 0.3 is 0 Å². The molecule has 1 aromatic carbocycles. The van der Waals surface area contributed by atoms with Crippen LogP contribution in [0.2, 0.25) is 0 Å². The van der Waals surface area contributed by atoms with E-state index in [0.717, 1.165) is 31.2 Å². The van der Waals surface area contributed by atoms with Crippen LogP contribution in [-0.2, 0) is 16.0 Å². The van der Waals surface area contributed by atoms with Gasteiger partial charge in [-0.25, -0.2) is 0 Å². The summed E-state index contributed by atoms with van der Waals surface area (Å²) in [5.41, 5.74) is 2.39. The van der Waals surface area contributed by atoms with Crippen LogP contribution < -0.4 is 0 Å². The Bertz CT molecular complexity index is 407. The molecule has 0 radical (unpaired) electrons. The summed E-state index contributed by atoms with van der Waals surface area (Å²) in [6, 6.07) is 8.29. The van der Waals surface area contributed by atoms with Crippen LogP contribution in [0.15, 0.2) is 24.3 Å². The monoisotopic (exact) mass is 230 g/mol. The van der Waals surface area contributed by atoms with Gasteiger partial charge in [0.25, 0.3) is 0 Å². The van der Waals surface area contributed by atoms with Crippen molar-refractivity contribution in [1.29, 1.82) is 0 Å². The molecular weight excluding hydrogens is 212 g/mol. The zero-order valence-corrected chi connectivity index (χ0v) is 10.2. The van der Waals surface area contributed by atoms with Gasteiger partial charge < -0.3 is 0 Å². The lowest BCUT2D eigenvalue weighted by atomic mass is 9.83. The molecule has 0 amide bonds. The van der Waals surface area contributed by atoms with Gasteiger partial charge in [0, 0.05) is 19.3 Å². The quantitative estimate of drug-likeness (QED) is 0.799. The molecular formula is C15H18O2. The van der Waals surface area contributed by atoms with Gasteiger partial charge in [0.15, 0.2) is 0 Å². The van der Waals surface area contributed by atoms with Gasteiger partial charge in [0.05, 0.1) is 0 Å². The smallest absolute Gasteiger partial charge is 0.134 e. The molecule has 0 aromatic heterocycles. The minimum absolute atomic E-state index is 0.195. The van der Waals surface area contributed by atoms with Crippen molar-refractivity contribution in [3.8, 4) is 0 Å². The van der Waals surface area contributed by atoms with Crippen molar-refractivity contribution in [3.05, 3.63) is 35.4 Å². The molecule has 0 N–H and O–H groups in total. The Balaban J connectivity index is 2.02. The number of hydrogen-bond donors (Lipinski definition) is 0. The molecule has 0 atom stereocenters. The van der Waals surface area contributed by atoms with E-state index in [1.165, 1.54) is 5.56 Å². The van der Waals surface area contributed by atoms with Gasteiger partial charge in [-0.15, -0.1) is 0 Å². The molecule has 90 valence electrons. The molecule has 1 aliphatic rings. The molecule has 2 rings (SSSR count). The molecule has 0 bridgehead atoms. The summed E-state index contributed by atoms with van der Waals surface area (Å²) in [6.07, 6.45) is 3.92. The van der Waals surface area contributed by atoms with E-state index < -0.39 is 0 Å². The first-order chi connectivity index (χ1) is 8.15. The third-order valence-electron chi connectivity index (χ3n) is 3.45. The molecule has 1 aliphatic carbocycles. The van der Waals surface area contributed by atoms with Crippen LogP contribution in [0, 0.1) is 0 Å². The summed E-state index contributed by atoms with van der Waals surface area (Å²) in [4.78, 5) is 22.2. The number of Topliss-reactive ketones (excluding diaryl/α,β-unsaturated/α-hetero) is 2. The lowest BCUT2D eigenvalue weighted by Gasteiger charge is -2.21. The largest absolute Gasteiger partial charge is 0.300 e. The van der Waals surface area contributed by atoms with Crippen molar-refractivity contribution >= 4 is 11.6 Å². The molecule has 1 saturated carbocycles. The van der Waals surface area contributed by atoms with Gasteiger partial charge in [0.1, 0.15) is 11.6 Å². The minimum Gasteiger partial charge on any atom is -0.300 e. The second-order valence-electron chi connectivity index (χ2n) is 4.93. The van der Waals surface area contributed by atoms with Crippen LogP contribution in [0.4, 0.5) is 0 Å². The Hall–Kier alpha value is -1.44. The van der Waals surface area contributed by atoms with Crippen molar-refractivity contribution in [2.45, 2.75) is 44.9 Å². The molecule has 0 saturated heterocycles. The maximum absolute atomic E-state index is 11.2. The fourth-order valence-corrected chi connectivity index (χ4v) is 2.47. The fourth-order valence-electron chi connectivity index (χ4n) is 2.47. The normalized spacial score (nSPS) is 17.1. The lowest BCUT2D eigenvalue weighted by Crippen LogP contribution is -2.12. The Morgan fingerprint density at radius 1 is 1.18 bits per heavy atom. The Morgan fingerprint density at radius 2 is 1.76 bits per heavy atom. The average Bonchev–Trinajstić information content (AvgIpc) is 2.30. The summed E-state index contributed by atoms with van der Waals surface area (Å²) in [6.45, 7) is 1.61. The van der Waals surface area contributed by atoms with Crippen molar-refractivity contribution < 1.29 is 9.59 Å². The molecule has 0 aliphatic heterocycles. The average molecular weight is 230 g/mol. The highest BCUT2D eigenvalue weighted by atomic mass is 16.1. The van der Waals surface area contributed by atoms with Gasteiger partial charge in [-0.3, -0.25) is 9.59 Å². The first-order valence-corrected chi connectivity index (χ1v) is 6.25. The molecule has 2 nitrogen and oxygen atoms in total. The molecule has 2 heteroatoms. The Labute approximate surface area is 102 Å². The highest BCUT2D eigenvalue weighted by Gasteiger charge is 2.19. The Kier molecular flexibility index (Phi) is 3.72. The highest BCUT2D eigenvalue weighted by Crippen LogP contribution is 2.31. The zero-order chi connectivity index (χ0) is 12.3. The van der Waals surface area contributed by atoms with Crippen molar-refractivity contribution in [3.63, 3.8) is 0 Å².